The molecule has 5 heteroatoms. The molecule has 0 aliphatic carbocycles. The van der Waals surface area contributed by atoms with Gasteiger partial charge in [0.1, 0.15) is 10.6 Å². The summed E-state index contributed by atoms with van der Waals surface area (Å²) < 4.78 is 6.18. The van der Waals surface area contributed by atoms with Crippen LogP contribution in [0.4, 0.5) is 5.69 Å². The van der Waals surface area contributed by atoms with Crippen LogP contribution in [-0.4, -0.2) is 18.6 Å². The molecule has 1 aromatic carbocycles. The van der Waals surface area contributed by atoms with Crippen molar-refractivity contribution in [3.8, 4) is 5.75 Å². The Kier molecular flexibility index (Phi) is 4.42. The number of anilines is 1. The highest BCUT2D eigenvalue weighted by Gasteiger charge is 2.25. The Balaban J connectivity index is 2.38. The Morgan fingerprint density at radius 2 is 2.05 bits per heavy atom. The van der Waals surface area contributed by atoms with E-state index in [1.807, 2.05) is 18.2 Å². The number of thiophene rings is 1. The van der Waals surface area contributed by atoms with E-state index in [1.165, 1.54) is 11.3 Å². The molecule has 0 spiro atoms. The van der Waals surface area contributed by atoms with Crippen LogP contribution in [-0.2, 0) is 0 Å². The first kappa shape index (κ1) is 15.6. The molecule has 2 aromatic rings. The average Bonchev–Trinajstić information content (AvgIpc) is 2.83. The number of nitrogens with one attached hydrogen (secondary N) is 1. The summed E-state index contributed by atoms with van der Waals surface area (Å²) in [6.45, 7) is 6.20. The number of hydrogen-bond acceptors (Lipinski definition) is 4. The monoisotopic (exact) mass is 306 g/mol. The first-order chi connectivity index (χ1) is 9.94. The van der Waals surface area contributed by atoms with Gasteiger partial charge in [-0.3, -0.25) is 4.79 Å². The van der Waals surface area contributed by atoms with Crippen LogP contribution in [0.2, 0.25) is 0 Å². The first-order valence-electron chi connectivity index (χ1n) is 7.12. The molecule has 0 atom stereocenters. The van der Waals surface area contributed by atoms with Crippen molar-refractivity contribution in [1.82, 2.24) is 5.32 Å². The SMILES string of the molecule is CCC(C)(CC)NC(=O)c1sc2cc(OC)ccc2c1N. The number of amides is 1. The molecular formula is C16H22N2O2S. The highest BCUT2D eigenvalue weighted by atomic mass is 32.1. The van der Waals surface area contributed by atoms with Crippen molar-refractivity contribution in [3.63, 3.8) is 0 Å². The van der Waals surface area contributed by atoms with Gasteiger partial charge < -0.3 is 15.8 Å². The predicted molar refractivity (Wildman–Crippen MR) is 89.2 cm³/mol. The van der Waals surface area contributed by atoms with Gasteiger partial charge >= 0.3 is 0 Å². The largest absolute Gasteiger partial charge is 0.497 e. The summed E-state index contributed by atoms with van der Waals surface area (Å²) >= 11 is 1.41. The number of hydrogen-bond donors (Lipinski definition) is 2. The summed E-state index contributed by atoms with van der Waals surface area (Å²) in [6.07, 6.45) is 1.77. The van der Waals surface area contributed by atoms with Gasteiger partial charge in [0.05, 0.1) is 12.8 Å². The van der Waals surface area contributed by atoms with E-state index < -0.39 is 0 Å². The van der Waals surface area contributed by atoms with E-state index in [4.69, 9.17) is 10.5 Å². The summed E-state index contributed by atoms with van der Waals surface area (Å²) in [4.78, 5) is 13.1. The Morgan fingerprint density at radius 3 is 2.62 bits per heavy atom. The Hall–Kier alpha value is -1.75. The zero-order valence-electron chi connectivity index (χ0n) is 12.9. The van der Waals surface area contributed by atoms with Crippen molar-refractivity contribution < 1.29 is 9.53 Å². The minimum absolute atomic E-state index is 0.0983. The smallest absolute Gasteiger partial charge is 0.263 e. The molecule has 3 N–H and O–H groups in total. The molecular weight excluding hydrogens is 284 g/mol. The fraction of sp³-hybridized carbons (Fsp3) is 0.438. The second-order valence-corrected chi connectivity index (χ2v) is 6.48. The van der Waals surface area contributed by atoms with Crippen LogP contribution in [0.1, 0.15) is 43.3 Å². The van der Waals surface area contributed by atoms with Crippen LogP contribution in [0.25, 0.3) is 10.1 Å². The summed E-state index contributed by atoms with van der Waals surface area (Å²) in [6, 6.07) is 5.66. The van der Waals surface area contributed by atoms with Gasteiger partial charge in [0.25, 0.3) is 5.91 Å². The summed E-state index contributed by atoms with van der Waals surface area (Å²) in [5.74, 6) is 0.668. The topological polar surface area (TPSA) is 64.3 Å². The van der Waals surface area contributed by atoms with E-state index >= 15 is 0 Å². The van der Waals surface area contributed by atoms with Crippen LogP contribution in [0.3, 0.4) is 0 Å². The second kappa shape index (κ2) is 5.93. The summed E-state index contributed by atoms with van der Waals surface area (Å²) in [7, 11) is 1.62. The minimum Gasteiger partial charge on any atom is -0.497 e. The number of nitrogens with two attached hydrogens (primary N) is 1. The van der Waals surface area contributed by atoms with E-state index in [-0.39, 0.29) is 11.4 Å². The lowest BCUT2D eigenvalue weighted by Gasteiger charge is -2.28. The number of methoxy groups -OCH3 is 1. The maximum Gasteiger partial charge on any atom is 0.263 e. The zero-order chi connectivity index (χ0) is 15.6. The van der Waals surface area contributed by atoms with Crippen LogP contribution < -0.4 is 15.8 Å². The van der Waals surface area contributed by atoms with Gasteiger partial charge in [0, 0.05) is 15.6 Å². The molecule has 0 bridgehead atoms. The molecule has 1 aromatic heterocycles. The van der Waals surface area contributed by atoms with Crippen molar-refractivity contribution in [2.24, 2.45) is 0 Å². The molecule has 0 saturated carbocycles. The van der Waals surface area contributed by atoms with Gasteiger partial charge in [0.2, 0.25) is 0 Å². The second-order valence-electron chi connectivity index (χ2n) is 5.43. The van der Waals surface area contributed by atoms with Crippen molar-refractivity contribution in [2.75, 3.05) is 12.8 Å². The molecule has 0 aliphatic rings. The third-order valence-electron chi connectivity index (χ3n) is 4.12. The number of rotatable bonds is 5. The van der Waals surface area contributed by atoms with Crippen molar-refractivity contribution in [3.05, 3.63) is 23.1 Å². The lowest BCUT2D eigenvalue weighted by molar-refractivity contribution is 0.0906. The maximum absolute atomic E-state index is 12.5. The number of fused-ring (bicyclic) bond motifs is 1. The molecule has 0 radical (unpaired) electrons. The molecule has 1 amide bonds. The van der Waals surface area contributed by atoms with Gasteiger partial charge in [-0.15, -0.1) is 11.3 Å². The lowest BCUT2D eigenvalue weighted by Crippen LogP contribution is -2.44. The lowest BCUT2D eigenvalue weighted by atomic mass is 9.95. The minimum atomic E-state index is -0.197. The third-order valence-corrected chi connectivity index (χ3v) is 5.28. The van der Waals surface area contributed by atoms with Crippen LogP contribution in [0.15, 0.2) is 18.2 Å². The number of carbonyl (C=O) groups excluding carboxylic acids is 1. The average molecular weight is 306 g/mol. The van der Waals surface area contributed by atoms with E-state index in [1.54, 1.807) is 7.11 Å². The van der Waals surface area contributed by atoms with Crippen molar-refractivity contribution >= 4 is 33.0 Å². The highest BCUT2D eigenvalue weighted by Crippen LogP contribution is 2.36. The van der Waals surface area contributed by atoms with Gasteiger partial charge in [-0.25, -0.2) is 0 Å². The fourth-order valence-corrected chi connectivity index (χ4v) is 3.20. The number of ether oxygens (including phenoxy) is 1. The van der Waals surface area contributed by atoms with Crippen LogP contribution >= 0.6 is 11.3 Å². The zero-order valence-corrected chi connectivity index (χ0v) is 13.8. The Morgan fingerprint density at radius 1 is 1.38 bits per heavy atom. The summed E-state index contributed by atoms with van der Waals surface area (Å²) in [5.41, 5.74) is 6.49. The van der Waals surface area contributed by atoms with Crippen LogP contribution in [0.5, 0.6) is 5.75 Å². The van der Waals surface area contributed by atoms with E-state index in [0.717, 1.165) is 28.7 Å². The molecule has 1 heterocycles. The molecule has 0 saturated heterocycles. The van der Waals surface area contributed by atoms with Gasteiger partial charge in [0.15, 0.2) is 0 Å². The van der Waals surface area contributed by atoms with Crippen molar-refractivity contribution in [1.29, 1.82) is 0 Å². The van der Waals surface area contributed by atoms with E-state index in [2.05, 4.69) is 26.1 Å². The normalized spacial score (nSPS) is 11.6. The standard InChI is InChI=1S/C16H22N2O2S/c1-5-16(3,6-2)18-15(19)14-13(17)11-8-7-10(20-4)9-12(11)21-14/h7-9H,5-6,17H2,1-4H3,(H,18,19). The van der Waals surface area contributed by atoms with Crippen molar-refractivity contribution in [2.45, 2.75) is 39.2 Å². The highest BCUT2D eigenvalue weighted by molar-refractivity contribution is 7.21. The Labute approximate surface area is 129 Å². The van der Waals surface area contributed by atoms with E-state index in [0.29, 0.717) is 10.6 Å². The van der Waals surface area contributed by atoms with Gasteiger partial charge in [-0.2, -0.15) is 0 Å². The number of nitrogen functional groups attached to an aromatic ring is 1. The Bertz CT molecular complexity index is 660. The molecule has 0 unspecified atom stereocenters. The maximum atomic E-state index is 12.5. The third kappa shape index (κ3) is 2.97. The van der Waals surface area contributed by atoms with E-state index in [9.17, 15) is 4.79 Å². The predicted octanol–water partition coefficient (Wildman–Crippen LogP) is 3.80. The number of benzene rings is 1. The van der Waals surface area contributed by atoms with Gasteiger partial charge in [-0.05, 0) is 38.0 Å². The molecule has 0 aliphatic heterocycles. The molecule has 21 heavy (non-hydrogen) atoms. The molecule has 4 nitrogen and oxygen atoms in total. The molecule has 2 rings (SSSR count). The van der Waals surface area contributed by atoms with Gasteiger partial charge in [-0.1, -0.05) is 13.8 Å². The molecule has 0 fully saturated rings. The first-order valence-corrected chi connectivity index (χ1v) is 7.94. The van der Waals surface area contributed by atoms with Crippen LogP contribution in [0, 0.1) is 0 Å². The molecule has 114 valence electrons. The number of carbonyl (C=O) groups is 1. The summed E-state index contributed by atoms with van der Waals surface area (Å²) in [5, 5.41) is 4.00. The quantitative estimate of drug-likeness (QED) is 0.883. The fourth-order valence-electron chi connectivity index (χ4n) is 2.15.